The maximum atomic E-state index is 13.3. The number of para-hydroxylation sites is 1. The molecule has 1 atom stereocenters. The summed E-state index contributed by atoms with van der Waals surface area (Å²) in [7, 11) is -1.95. The van der Waals surface area contributed by atoms with Gasteiger partial charge in [-0.3, -0.25) is 4.98 Å². The van der Waals surface area contributed by atoms with Crippen LogP contribution in [0.3, 0.4) is 0 Å². The summed E-state index contributed by atoms with van der Waals surface area (Å²) in [5.41, 5.74) is 1.58. The minimum absolute atomic E-state index is 0.0725. The van der Waals surface area contributed by atoms with Gasteiger partial charge in [-0.25, -0.2) is 13.4 Å². The van der Waals surface area contributed by atoms with Crippen LogP contribution >= 0.6 is 0 Å². The lowest BCUT2D eigenvalue weighted by Crippen LogP contribution is -2.29. The quantitative estimate of drug-likeness (QED) is 0.636. The number of nitrogens with zero attached hydrogens (tertiary/aromatic N) is 4. The summed E-state index contributed by atoms with van der Waals surface area (Å²) in [6.45, 7) is 4.23. The first kappa shape index (κ1) is 19.0. The van der Waals surface area contributed by atoms with Gasteiger partial charge in [-0.15, -0.1) is 0 Å². The molecule has 0 amide bonds. The predicted octanol–water partition coefficient (Wildman–Crippen LogP) is 2.56. The molecule has 0 N–H and O–H groups in total. The molecule has 0 aliphatic carbocycles. The van der Waals surface area contributed by atoms with E-state index in [9.17, 15) is 8.42 Å². The van der Waals surface area contributed by atoms with Crippen molar-refractivity contribution in [3.05, 3.63) is 54.2 Å². The van der Waals surface area contributed by atoms with E-state index in [4.69, 9.17) is 4.74 Å². The number of ether oxygens (including phenoxy) is 1. The summed E-state index contributed by atoms with van der Waals surface area (Å²) in [6, 6.07) is 8.98. The lowest BCUT2D eigenvalue weighted by molar-refractivity contribution is 0.185. The van der Waals surface area contributed by atoms with Crippen molar-refractivity contribution in [3.8, 4) is 0 Å². The van der Waals surface area contributed by atoms with E-state index in [0.29, 0.717) is 31.8 Å². The molecular weight excluding hydrogens is 376 g/mol. The van der Waals surface area contributed by atoms with Crippen LogP contribution in [-0.2, 0) is 21.3 Å². The largest absolute Gasteiger partial charge is 0.383 e. The number of sulfonamides is 1. The molecule has 1 unspecified atom stereocenters. The second-order valence-electron chi connectivity index (χ2n) is 7.08. The Labute approximate surface area is 165 Å². The lowest BCUT2D eigenvalue weighted by Gasteiger charge is -2.18. The monoisotopic (exact) mass is 400 g/mol. The Morgan fingerprint density at radius 1 is 1.21 bits per heavy atom. The highest BCUT2D eigenvalue weighted by Crippen LogP contribution is 2.32. The number of fused-ring (bicyclic) bond motifs is 1. The maximum absolute atomic E-state index is 13.3. The highest BCUT2D eigenvalue weighted by Gasteiger charge is 2.36. The molecule has 0 spiro atoms. The number of imidazole rings is 1. The van der Waals surface area contributed by atoms with Crippen LogP contribution in [0.1, 0.15) is 23.9 Å². The standard InChI is InChI=1S/C20H24N4O3S/c1-15-13-22-20(24(15)11-12-27-2)17-8-10-23(14-17)28(25,26)18-7-3-5-16-6-4-9-21-19(16)18/h3-7,9,13,17H,8,10-12,14H2,1-2H3. The lowest BCUT2D eigenvalue weighted by atomic mass is 10.1. The van der Waals surface area contributed by atoms with Crippen molar-refractivity contribution in [1.82, 2.24) is 18.8 Å². The van der Waals surface area contributed by atoms with Gasteiger partial charge in [0.1, 0.15) is 10.7 Å². The molecule has 8 heteroatoms. The zero-order chi connectivity index (χ0) is 19.7. The van der Waals surface area contributed by atoms with Crippen LogP contribution in [0, 0.1) is 6.92 Å². The highest BCUT2D eigenvalue weighted by atomic mass is 32.2. The summed E-state index contributed by atoms with van der Waals surface area (Å²) in [5, 5.41) is 0.824. The molecule has 3 aromatic rings. The Morgan fingerprint density at radius 2 is 2.04 bits per heavy atom. The molecule has 0 bridgehead atoms. The molecule has 1 aliphatic heterocycles. The molecule has 28 heavy (non-hydrogen) atoms. The van der Waals surface area contributed by atoms with Crippen molar-refractivity contribution >= 4 is 20.9 Å². The van der Waals surface area contributed by atoms with E-state index in [2.05, 4.69) is 14.5 Å². The first-order valence-electron chi connectivity index (χ1n) is 9.37. The Bertz CT molecular complexity index is 1090. The molecule has 7 nitrogen and oxygen atoms in total. The van der Waals surface area contributed by atoms with Gasteiger partial charge >= 0.3 is 0 Å². The molecule has 2 aromatic heterocycles. The van der Waals surface area contributed by atoms with Crippen molar-refractivity contribution in [3.63, 3.8) is 0 Å². The third kappa shape index (κ3) is 3.32. The molecule has 1 saturated heterocycles. The molecule has 1 aliphatic rings. The van der Waals surface area contributed by atoms with Gasteiger partial charge in [0.25, 0.3) is 0 Å². The Morgan fingerprint density at radius 3 is 2.86 bits per heavy atom. The van der Waals surface area contributed by atoms with Crippen LogP contribution in [0.4, 0.5) is 0 Å². The molecule has 0 saturated carbocycles. The number of methoxy groups -OCH3 is 1. The predicted molar refractivity (Wildman–Crippen MR) is 107 cm³/mol. The zero-order valence-corrected chi connectivity index (χ0v) is 16.9. The number of aryl methyl sites for hydroxylation is 1. The van der Waals surface area contributed by atoms with E-state index < -0.39 is 10.0 Å². The number of pyridine rings is 1. The molecule has 1 aromatic carbocycles. The van der Waals surface area contributed by atoms with Gasteiger partial charge in [-0.1, -0.05) is 18.2 Å². The fourth-order valence-electron chi connectivity index (χ4n) is 3.86. The summed E-state index contributed by atoms with van der Waals surface area (Å²) >= 11 is 0. The van der Waals surface area contributed by atoms with Crippen LogP contribution in [-0.4, -0.2) is 54.1 Å². The number of aromatic nitrogens is 3. The molecular formula is C20H24N4O3S. The Kier molecular flexibility index (Phi) is 5.18. The van der Waals surface area contributed by atoms with E-state index in [-0.39, 0.29) is 10.8 Å². The third-order valence-corrected chi connectivity index (χ3v) is 7.23. The minimum atomic E-state index is -3.62. The van der Waals surface area contributed by atoms with Crippen molar-refractivity contribution in [2.24, 2.45) is 0 Å². The molecule has 4 rings (SSSR count). The highest BCUT2D eigenvalue weighted by molar-refractivity contribution is 7.89. The van der Waals surface area contributed by atoms with Crippen molar-refractivity contribution < 1.29 is 13.2 Å². The average molecular weight is 401 g/mol. The average Bonchev–Trinajstić information content (AvgIpc) is 3.33. The number of rotatable bonds is 6. The number of hydrogen-bond acceptors (Lipinski definition) is 5. The van der Waals surface area contributed by atoms with E-state index in [1.807, 2.05) is 31.3 Å². The zero-order valence-electron chi connectivity index (χ0n) is 16.1. The van der Waals surface area contributed by atoms with Gasteiger partial charge in [0.15, 0.2) is 0 Å². The van der Waals surface area contributed by atoms with Crippen LogP contribution in [0.15, 0.2) is 47.6 Å². The summed E-state index contributed by atoms with van der Waals surface area (Å²) < 4.78 is 35.5. The topological polar surface area (TPSA) is 77.3 Å². The number of hydrogen-bond donors (Lipinski definition) is 0. The maximum Gasteiger partial charge on any atom is 0.245 e. The number of benzene rings is 1. The van der Waals surface area contributed by atoms with Gasteiger partial charge in [0.05, 0.1) is 12.1 Å². The first-order valence-corrected chi connectivity index (χ1v) is 10.8. The van der Waals surface area contributed by atoms with Crippen molar-refractivity contribution in [1.29, 1.82) is 0 Å². The van der Waals surface area contributed by atoms with Gasteiger partial charge in [-0.05, 0) is 25.5 Å². The normalized spacial score (nSPS) is 18.1. The van der Waals surface area contributed by atoms with Crippen LogP contribution in [0.2, 0.25) is 0 Å². The van der Waals surface area contributed by atoms with E-state index in [1.54, 1.807) is 29.7 Å². The van der Waals surface area contributed by atoms with Crippen molar-refractivity contribution in [2.45, 2.75) is 30.7 Å². The summed E-state index contributed by atoms with van der Waals surface area (Å²) in [5.74, 6) is 1.01. The Hall–Kier alpha value is -2.29. The summed E-state index contributed by atoms with van der Waals surface area (Å²) in [6.07, 6.45) is 4.22. The first-order chi connectivity index (χ1) is 13.5. The molecule has 1 fully saturated rings. The van der Waals surface area contributed by atoms with Gasteiger partial charge in [-0.2, -0.15) is 4.31 Å². The molecule has 3 heterocycles. The Balaban J connectivity index is 1.62. The van der Waals surface area contributed by atoms with Gasteiger partial charge in [0.2, 0.25) is 10.0 Å². The van der Waals surface area contributed by atoms with Crippen LogP contribution < -0.4 is 0 Å². The van der Waals surface area contributed by atoms with Gasteiger partial charge < -0.3 is 9.30 Å². The fourth-order valence-corrected chi connectivity index (χ4v) is 5.53. The van der Waals surface area contributed by atoms with Gasteiger partial charge in [0, 0.05) is 56.1 Å². The van der Waals surface area contributed by atoms with E-state index >= 15 is 0 Å². The van der Waals surface area contributed by atoms with E-state index in [1.165, 1.54) is 0 Å². The SMILES string of the molecule is COCCn1c(C)cnc1C1CCN(S(=O)(=O)c2cccc3cccnc23)C1. The summed E-state index contributed by atoms with van der Waals surface area (Å²) in [4.78, 5) is 9.14. The van der Waals surface area contributed by atoms with Crippen LogP contribution in [0.5, 0.6) is 0 Å². The molecule has 0 radical (unpaired) electrons. The van der Waals surface area contributed by atoms with Crippen molar-refractivity contribution in [2.75, 3.05) is 26.8 Å². The second kappa shape index (κ2) is 7.62. The third-order valence-electron chi connectivity index (χ3n) is 5.33. The van der Waals surface area contributed by atoms with E-state index in [0.717, 1.165) is 23.3 Å². The van der Waals surface area contributed by atoms with Crippen LogP contribution in [0.25, 0.3) is 10.9 Å². The smallest absolute Gasteiger partial charge is 0.245 e. The second-order valence-corrected chi connectivity index (χ2v) is 8.99. The minimum Gasteiger partial charge on any atom is -0.383 e. The molecule has 148 valence electrons. The fraction of sp³-hybridized carbons (Fsp3) is 0.400.